The summed E-state index contributed by atoms with van der Waals surface area (Å²) in [4.78, 5) is 6.19. The van der Waals surface area contributed by atoms with Crippen LogP contribution in [0.3, 0.4) is 0 Å². The van der Waals surface area contributed by atoms with Crippen molar-refractivity contribution in [1.29, 1.82) is 0 Å². The molecule has 0 saturated carbocycles. The largest absolute Gasteiger partial charge is 0.338 e. The second-order valence-electron chi connectivity index (χ2n) is 4.72. The van der Waals surface area contributed by atoms with Crippen LogP contribution in [0.4, 0.5) is 4.39 Å². The van der Waals surface area contributed by atoms with Crippen LogP contribution in [0.15, 0.2) is 22.7 Å². The molecule has 0 aliphatic carbocycles. The number of nitrogens with zero attached hydrogens (tertiary/aromatic N) is 3. The highest BCUT2D eigenvalue weighted by molar-refractivity contribution is 6.31. The van der Waals surface area contributed by atoms with E-state index >= 15 is 0 Å². The van der Waals surface area contributed by atoms with Gasteiger partial charge in [-0.3, -0.25) is 4.90 Å². The van der Waals surface area contributed by atoms with Crippen molar-refractivity contribution in [3.63, 3.8) is 0 Å². The fourth-order valence-electron chi connectivity index (χ4n) is 2.07. The van der Waals surface area contributed by atoms with Gasteiger partial charge >= 0.3 is 0 Å². The van der Waals surface area contributed by atoms with Gasteiger partial charge in [0.15, 0.2) is 5.82 Å². The molecule has 7 heteroatoms. The van der Waals surface area contributed by atoms with Crippen molar-refractivity contribution in [3.8, 4) is 0 Å². The SMILES string of the molecule is CCCN(Cc1noc(CN)n1)Cc1c(F)cccc1Cl. The zero-order valence-corrected chi connectivity index (χ0v) is 12.6. The molecule has 0 unspecified atom stereocenters. The molecule has 0 atom stereocenters. The Morgan fingerprint density at radius 3 is 2.81 bits per heavy atom. The van der Waals surface area contributed by atoms with Gasteiger partial charge in [-0.15, -0.1) is 0 Å². The Balaban J connectivity index is 2.11. The summed E-state index contributed by atoms with van der Waals surface area (Å²) in [5, 5.41) is 4.28. The lowest BCUT2D eigenvalue weighted by Gasteiger charge is -2.20. The monoisotopic (exact) mass is 312 g/mol. The van der Waals surface area contributed by atoms with E-state index in [1.807, 2.05) is 4.90 Å². The first-order valence-corrected chi connectivity index (χ1v) is 7.18. The maximum absolute atomic E-state index is 13.9. The number of benzene rings is 1. The minimum absolute atomic E-state index is 0.208. The van der Waals surface area contributed by atoms with Gasteiger partial charge in [0.1, 0.15) is 5.82 Å². The molecule has 0 spiro atoms. The fourth-order valence-corrected chi connectivity index (χ4v) is 2.30. The van der Waals surface area contributed by atoms with Crippen molar-refractivity contribution < 1.29 is 8.91 Å². The van der Waals surface area contributed by atoms with E-state index in [1.165, 1.54) is 6.07 Å². The number of hydrogen-bond acceptors (Lipinski definition) is 5. The quantitative estimate of drug-likeness (QED) is 0.851. The van der Waals surface area contributed by atoms with Crippen molar-refractivity contribution in [2.24, 2.45) is 5.73 Å². The topological polar surface area (TPSA) is 68.2 Å². The maximum atomic E-state index is 13.9. The lowest BCUT2D eigenvalue weighted by Crippen LogP contribution is -2.25. The van der Waals surface area contributed by atoms with Gasteiger partial charge in [0, 0.05) is 17.1 Å². The highest BCUT2D eigenvalue weighted by Crippen LogP contribution is 2.21. The van der Waals surface area contributed by atoms with E-state index in [0.29, 0.717) is 35.4 Å². The normalized spacial score (nSPS) is 11.3. The Morgan fingerprint density at radius 1 is 1.38 bits per heavy atom. The van der Waals surface area contributed by atoms with Crippen LogP contribution >= 0.6 is 11.6 Å². The molecule has 21 heavy (non-hydrogen) atoms. The predicted molar refractivity (Wildman–Crippen MR) is 78.0 cm³/mol. The third-order valence-corrected chi connectivity index (χ3v) is 3.39. The molecule has 0 fully saturated rings. The zero-order chi connectivity index (χ0) is 15.2. The van der Waals surface area contributed by atoms with Crippen molar-refractivity contribution in [3.05, 3.63) is 46.3 Å². The summed E-state index contributed by atoms with van der Waals surface area (Å²) in [5.41, 5.74) is 5.92. The molecule has 0 saturated heterocycles. The average Bonchev–Trinajstić information content (AvgIpc) is 2.91. The fraction of sp³-hybridized carbons (Fsp3) is 0.429. The summed E-state index contributed by atoms with van der Waals surface area (Å²) in [6, 6.07) is 4.69. The number of halogens is 2. The van der Waals surface area contributed by atoms with Crippen molar-refractivity contribution >= 4 is 11.6 Å². The van der Waals surface area contributed by atoms with Gasteiger partial charge in [-0.1, -0.05) is 29.7 Å². The van der Waals surface area contributed by atoms with Gasteiger partial charge in [0.25, 0.3) is 0 Å². The Morgan fingerprint density at radius 2 is 2.19 bits per heavy atom. The van der Waals surface area contributed by atoms with E-state index in [-0.39, 0.29) is 12.4 Å². The number of nitrogens with two attached hydrogens (primary N) is 1. The van der Waals surface area contributed by atoms with Crippen LogP contribution < -0.4 is 5.73 Å². The molecular formula is C14H18ClFN4O. The minimum atomic E-state index is -0.306. The van der Waals surface area contributed by atoms with Gasteiger partial charge < -0.3 is 10.3 Å². The van der Waals surface area contributed by atoms with E-state index in [0.717, 1.165) is 13.0 Å². The van der Waals surface area contributed by atoms with Crippen LogP contribution in [0.25, 0.3) is 0 Å². The predicted octanol–water partition coefficient (Wildman–Crippen LogP) is 2.73. The molecule has 0 radical (unpaired) electrons. The third kappa shape index (κ3) is 4.23. The van der Waals surface area contributed by atoms with Crippen LogP contribution in [0.5, 0.6) is 0 Å². The van der Waals surface area contributed by atoms with E-state index < -0.39 is 0 Å². The molecular weight excluding hydrogens is 295 g/mol. The van der Waals surface area contributed by atoms with Gasteiger partial charge in [-0.2, -0.15) is 4.98 Å². The highest BCUT2D eigenvalue weighted by Gasteiger charge is 2.15. The Labute approximate surface area is 127 Å². The number of rotatable bonds is 7. The second-order valence-corrected chi connectivity index (χ2v) is 5.13. The summed E-state index contributed by atoms with van der Waals surface area (Å²) < 4.78 is 18.8. The molecule has 2 aromatic rings. The first kappa shape index (κ1) is 15.9. The number of hydrogen-bond donors (Lipinski definition) is 1. The first-order valence-electron chi connectivity index (χ1n) is 6.80. The van der Waals surface area contributed by atoms with E-state index in [1.54, 1.807) is 12.1 Å². The van der Waals surface area contributed by atoms with Gasteiger partial charge in [-0.25, -0.2) is 4.39 Å². The van der Waals surface area contributed by atoms with Crippen LogP contribution in [0, 0.1) is 5.82 Å². The molecule has 0 bridgehead atoms. The molecule has 0 amide bonds. The summed E-state index contributed by atoms with van der Waals surface area (Å²) >= 11 is 6.07. The van der Waals surface area contributed by atoms with Crippen molar-refractivity contribution in [2.45, 2.75) is 33.0 Å². The third-order valence-electron chi connectivity index (χ3n) is 3.03. The molecule has 0 aliphatic rings. The van der Waals surface area contributed by atoms with E-state index in [4.69, 9.17) is 21.9 Å². The van der Waals surface area contributed by atoms with Crippen LogP contribution in [0.1, 0.15) is 30.6 Å². The average molecular weight is 313 g/mol. The molecule has 1 aromatic carbocycles. The summed E-state index contributed by atoms with van der Waals surface area (Å²) in [7, 11) is 0. The standard InChI is InChI=1S/C14H18ClFN4O/c1-2-6-20(9-13-18-14(7-17)21-19-13)8-10-11(15)4-3-5-12(10)16/h3-5H,2,6-9,17H2,1H3. The Kier molecular flexibility index (Phi) is 5.67. The Hall–Kier alpha value is -1.50. The van der Waals surface area contributed by atoms with E-state index in [9.17, 15) is 4.39 Å². The minimum Gasteiger partial charge on any atom is -0.338 e. The molecule has 0 aliphatic heterocycles. The van der Waals surface area contributed by atoms with Crippen LogP contribution in [-0.2, 0) is 19.6 Å². The molecule has 5 nitrogen and oxygen atoms in total. The lowest BCUT2D eigenvalue weighted by molar-refractivity contribution is 0.243. The molecule has 2 N–H and O–H groups in total. The number of aromatic nitrogens is 2. The smallest absolute Gasteiger partial charge is 0.240 e. The first-order chi connectivity index (χ1) is 10.1. The van der Waals surface area contributed by atoms with Crippen molar-refractivity contribution in [2.75, 3.05) is 6.54 Å². The second kappa shape index (κ2) is 7.49. The molecule has 1 aromatic heterocycles. The summed E-state index contributed by atoms with van der Waals surface area (Å²) in [5.74, 6) is 0.626. The van der Waals surface area contributed by atoms with Gasteiger partial charge in [0.2, 0.25) is 5.89 Å². The zero-order valence-electron chi connectivity index (χ0n) is 11.9. The summed E-state index contributed by atoms with van der Waals surface area (Å²) in [6.07, 6.45) is 0.924. The molecule has 2 rings (SSSR count). The van der Waals surface area contributed by atoms with Crippen molar-refractivity contribution in [1.82, 2.24) is 15.0 Å². The molecule has 114 valence electrons. The van der Waals surface area contributed by atoms with Crippen LogP contribution in [0.2, 0.25) is 5.02 Å². The lowest BCUT2D eigenvalue weighted by atomic mass is 10.2. The van der Waals surface area contributed by atoms with E-state index in [2.05, 4.69) is 17.1 Å². The summed E-state index contributed by atoms with van der Waals surface area (Å²) in [6.45, 7) is 3.89. The highest BCUT2D eigenvalue weighted by atomic mass is 35.5. The van der Waals surface area contributed by atoms with Gasteiger partial charge in [0.05, 0.1) is 13.1 Å². The molecule has 1 heterocycles. The van der Waals surface area contributed by atoms with Crippen LogP contribution in [-0.4, -0.2) is 21.6 Å². The van der Waals surface area contributed by atoms with Gasteiger partial charge in [-0.05, 0) is 25.1 Å². The maximum Gasteiger partial charge on any atom is 0.240 e. The Bertz CT molecular complexity index is 570.